The number of hydrogen-bond donors (Lipinski definition) is 1. The highest BCUT2D eigenvalue weighted by Crippen LogP contribution is 2.29. The van der Waals surface area contributed by atoms with Crippen LogP contribution < -0.4 is 5.73 Å². The highest BCUT2D eigenvalue weighted by Gasteiger charge is 2.20. The summed E-state index contributed by atoms with van der Waals surface area (Å²) in [6.45, 7) is 3.32. The van der Waals surface area contributed by atoms with E-state index in [1.54, 1.807) is 11.3 Å². The fourth-order valence-electron chi connectivity index (χ4n) is 2.77. The van der Waals surface area contributed by atoms with Crippen LogP contribution in [-0.4, -0.2) is 23.0 Å². The van der Waals surface area contributed by atoms with E-state index in [4.69, 9.17) is 5.73 Å². The van der Waals surface area contributed by atoms with Crippen molar-refractivity contribution in [3.63, 3.8) is 0 Å². The monoisotopic (exact) mass is 273 g/mol. The third kappa shape index (κ3) is 3.14. The molecule has 1 fully saturated rings. The molecule has 4 heteroatoms. The lowest BCUT2D eigenvalue weighted by molar-refractivity contribution is 0.206. The van der Waals surface area contributed by atoms with Crippen molar-refractivity contribution in [1.29, 1.82) is 0 Å². The van der Waals surface area contributed by atoms with Crippen LogP contribution in [0.25, 0.3) is 0 Å². The van der Waals surface area contributed by atoms with Gasteiger partial charge in [-0.05, 0) is 37.4 Å². The Morgan fingerprint density at radius 1 is 1.21 bits per heavy atom. The lowest BCUT2D eigenvalue weighted by Gasteiger charge is -2.31. The van der Waals surface area contributed by atoms with Gasteiger partial charge < -0.3 is 5.73 Å². The summed E-state index contributed by atoms with van der Waals surface area (Å²) in [5.74, 6) is 0.726. The topological polar surface area (TPSA) is 42.1 Å². The molecule has 0 spiro atoms. The van der Waals surface area contributed by atoms with Gasteiger partial charge in [0.25, 0.3) is 0 Å². The molecule has 100 valence electrons. The van der Waals surface area contributed by atoms with Gasteiger partial charge in [-0.25, -0.2) is 4.98 Å². The van der Waals surface area contributed by atoms with E-state index in [0.29, 0.717) is 5.13 Å². The van der Waals surface area contributed by atoms with E-state index < -0.39 is 0 Å². The molecule has 0 radical (unpaired) electrons. The van der Waals surface area contributed by atoms with Crippen LogP contribution in [0.5, 0.6) is 0 Å². The molecule has 1 saturated heterocycles. The molecule has 3 rings (SSSR count). The molecule has 1 aliphatic heterocycles. The minimum Gasteiger partial charge on any atom is -0.375 e. The Morgan fingerprint density at radius 3 is 2.58 bits per heavy atom. The third-order valence-electron chi connectivity index (χ3n) is 3.81. The maximum Gasteiger partial charge on any atom is 0.180 e. The van der Waals surface area contributed by atoms with Crippen molar-refractivity contribution in [1.82, 2.24) is 9.88 Å². The number of piperidine rings is 1. The number of rotatable bonds is 3. The maximum absolute atomic E-state index is 5.67. The zero-order valence-electron chi connectivity index (χ0n) is 11.0. The van der Waals surface area contributed by atoms with E-state index in [9.17, 15) is 0 Å². The second kappa shape index (κ2) is 5.72. The Kier molecular flexibility index (Phi) is 3.80. The molecule has 0 atom stereocenters. The maximum atomic E-state index is 5.67. The molecule has 3 nitrogen and oxygen atoms in total. The van der Waals surface area contributed by atoms with Crippen molar-refractivity contribution in [2.75, 3.05) is 18.8 Å². The molecule has 1 aromatic heterocycles. The van der Waals surface area contributed by atoms with Gasteiger partial charge in [0.2, 0.25) is 0 Å². The van der Waals surface area contributed by atoms with Crippen LogP contribution in [0.1, 0.15) is 29.2 Å². The smallest absolute Gasteiger partial charge is 0.180 e. The molecule has 0 bridgehead atoms. The van der Waals surface area contributed by atoms with Gasteiger partial charge >= 0.3 is 0 Å². The molecule has 2 aromatic rings. The molecule has 0 amide bonds. The van der Waals surface area contributed by atoms with Crippen LogP contribution in [-0.2, 0) is 6.54 Å². The molecular formula is C15H19N3S. The first-order valence-corrected chi connectivity index (χ1v) is 7.60. The van der Waals surface area contributed by atoms with E-state index in [1.807, 2.05) is 6.20 Å². The first kappa shape index (κ1) is 12.6. The zero-order valence-corrected chi connectivity index (χ0v) is 11.8. The minimum absolute atomic E-state index is 0.675. The van der Waals surface area contributed by atoms with Crippen LogP contribution in [0.15, 0.2) is 36.5 Å². The standard InChI is InChI=1S/C15H19N3S/c16-15-17-10-14(19-15)11-18-8-6-13(7-9-18)12-4-2-1-3-5-12/h1-5,10,13H,6-9,11H2,(H2,16,17). The fourth-order valence-corrected chi connectivity index (χ4v) is 3.49. The number of likely N-dealkylation sites (tertiary alicyclic amines) is 1. The van der Waals surface area contributed by atoms with Gasteiger partial charge in [0.05, 0.1) is 0 Å². The first-order valence-electron chi connectivity index (χ1n) is 6.79. The molecule has 0 aliphatic carbocycles. The van der Waals surface area contributed by atoms with E-state index in [1.165, 1.54) is 23.3 Å². The lowest BCUT2D eigenvalue weighted by Crippen LogP contribution is -2.32. The molecular weight excluding hydrogens is 254 g/mol. The summed E-state index contributed by atoms with van der Waals surface area (Å²) in [4.78, 5) is 7.89. The van der Waals surface area contributed by atoms with Crippen LogP contribution in [0, 0.1) is 0 Å². The molecule has 0 saturated carbocycles. The van der Waals surface area contributed by atoms with E-state index in [-0.39, 0.29) is 0 Å². The van der Waals surface area contributed by atoms with Crippen molar-refractivity contribution >= 4 is 16.5 Å². The summed E-state index contributed by atoms with van der Waals surface area (Å²) >= 11 is 1.60. The van der Waals surface area contributed by atoms with E-state index >= 15 is 0 Å². The van der Waals surface area contributed by atoms with Gasteiger partial charge in [0.15, 0.2) is 5.13 Å². The number of nitrogens with two attached hydrogens (primary N) is 1. The van der Waals surface area contributed by atoms with E-state index in [2.05, 4.69) is 40.2 Å². The number of thiazole rings is 1. The predicted octanol–water partition coefficient (Wildman–Crippen LogP) is 3.10. The van der Waals surface area contributed by atoms with Crippen LogP contribution in [0.3, 0.4) is 0 Å². The largest absolute Gasteiger partial charge is 0.375 e. The van der Waals surface area contributed by atoms with Crippen LogP contribution in [0.2, 0.25) is 0 Å². The van der Waals surface area contributed by atoms with Crippen molar-refractivity contribution in [2.45, 2.75) is 25.3 Å². The SMILES string of the molecule is Nc1ncc(CN2CCC(c3ccccc3)CC2)s1. The summed E-state index contributed by atoms with van der Waals surface area (Å²) in [6, 6.07) is 10.9. The number of benzene rings is 1. The number of nitrogen functional groups attached to an aromatic ring is 1. The van der Waals surface area contributed by atoms with Crippen molar-refractivity contribution in [3.05, 3.63) is 47.0 Å². The third-order valence-corrected chi connectivity index (χ3v) is 4.62. The summed E-state index contributed by atoms with van der Waals surface area (Å²) in [6.07, 6.45) is 4.40. The summed E-state index contributed by atoms with van der Waals surface area (Å²) in [5, 5.41) is 0.675. The van der Waals surface area contributed by atoms with Crippen molar-refractivity contribution in [2.24, 2.45) is 0 Å². The highest BCUT2D eigenvalue weighted by atomic mass is 32.1. The van der Waals surface area contributed by atoms with Gasteiger partial charge in [0.1, 0.15) is 0 Å². The first-order chi connectivity index (χ1) is 9.31. The Labute approximate surface area is 118 Å². The highest BCUT2D eigenvalue weighted by molar-refractivity contribution is 7.15. The Hall–Kier alpha value is -1.39. The van der Waals surface area contributed by atoms with Crippen molar-refractivity contribution in [3.8, 4) is 0 Å². The van der Waals surface area contributed by atoms with Gasteiger partial charge in [-0.15, -0.1) is 11.3 Å². The molecule has 0 unspecified atom stereocenters. The molecule has 1 aromatic carbocycles. The second-order valence-electron chi connectivity index (χ2n) is 5.13. The fraction of sp³-hybridized carbons (Fsp3) is 0.400. The van der Waals surface area contributed by atoms with Crippen LogP contribution in [0.4, 0.5) is 5.13 Å². The molecule has 1 aliphatic rings. The summed E-state index contributed by atoms with van der Waals surface area (Å²) < 4.78 is 0. The lowest BCUT2D eigenvalue weighted by atomic mass is 9.89. The number of nitrogens with zero attached hydrogens (tertiary/aromatic N) is 2. The number of anilines is 1. The molecule has 2 heterocycles. The minimum atomic E-state index is 0.675. The average molecular weight is 273 g/mol. The number of aromatic nitrogens is 1. The normalized spacial score (nSPS) is 17.7. The Balaban J connectivity index is 1.55. The van der Waals surface area contributed by atoms with Crippen LogP contribution >= 0.6 is 11.3 Å². The zero-order chi connectivity index (χ0) is 13.1. The second-order valence-corrected chi connectivity index (χ2v) is 6.27. The molecule has 19 heavy (non-hydrogen) atoms. The van der Waals surface area contributed by atoms with Gasteiger partial charge in [-0.1, -0.05) is 30.3 Å². The molecule has 2 N–H and O–H groups in total. The summed E-state index contributed by atoms with van der Waals surface area (Å²) in [7, 11) is 0. The predicted molar refractivity (Wildman–Crippen MR) is 80.2 cm³/mol. The van der Waals surface area contributed by atoms with E-state index in [0.717, 1.165) is 25.6 Å². The van der Waals surface area contributed by atoms with Gasteiger partial charge in [0, 0.05) is 17.6 Å². The number of hydrogen-bond acceptors (Lipinski definition) is 4. The summed E-state index contributed by atoms with van der Waals surface area (Å²) in [5.41, 5.74) is 7.16. The Morgan fingerprint density at radius 2 is 1.95 bits per heavy atom. The van der Waals surface area contributed by atoms with Gasteiger partial charge in [-0.2, -0.15) is 0 Å². The van der Waals surface area contributed by atoms with Crippen molar-refractivity contribution < 1.29 is 0 Å². The Bertz CT molecular complexity index is 515. The van der Waals surface area contributed by atoms with Gasteiger partial charge in [-0.3, -0.25) is 4.90 Å². The average Bonchev–Trinajstić information content (AvgIpc) is 2.86. The quantitative estimate of drug-likeness (QED) is 0.934.